The monoisotopic (exact) mass is 482 g/mol. The summed E-state index contributed by atoms with van der Waals surface area (Å²) in [7, 11) is 4.64. The van der Waals surface area contributed by atoms with Crippen LogP contribution in [0.15, 0.2) is 42.0 Å². The lowest BCUT2D eigenvalue weighted by atomic mass is 9.93. The number of Topliss-reactive ketones (excluding diaryl/α,β-unsaturated/α-hetero) is 1. The molecule has 188 valence electrons. The van der Waals surface area contributed by atoms with Crippen molar-refractivity contribution in [2.45, 2.75) is 26.8 Å². The van der Waals surface area contributed by atoms with Crippen LogP contribution in [0.5, 0.6) is 17.2 Å². The van der Waals surface area contributed by atoms with E-state index in [1.54, 1.807) is 50.6 Å². The Balaban J connectivity index is 2.20. The van der Waals surface area contributed by atoms with Gasteiger partial charge in [0.1, 0.15) is 23.0 Å². The summed E-state index contributed by atoms with van der Waals surface area (Å²) in [4.78, 5) is 30.3. The Hall–Kier alpha value is -3.52. The SMILES string of the molecule is CCN(CC)CCN1C(=O)C(=O)/C(=C(/O)c2ccc(OC)cc2C)[C@@H]1c1ccc(OC)cc1OC. The van der Waals surface area contributed by atoms with Crippen molar-refractivity contribution in [3.05, 3.63) is 58.7 Å². The largest absolute Gasteiger partial charge is 0.507 e. The van der Waals surface area contributed by atoms with E-state index < -0.39 is 17.7 Å². The van der Waals surface area contributed by atoms with Crippen LogP contribution in [-0.2, 0) is 9.59 Å². The molecule has 0 aliphatic carbocycles. The Morgan fingerprint density at radius 1 is 0.971 bits per heavy atom. The zero-order chi connectivity index (χ0) is 25.7. The van der Waals surface area contributed by atoms with E-state index in [2.05, 4.69) is 4.90 Å². The predicted octanol–water partition coefficient (Wildman–Crippen LogP) is 3.78. The van der Waals surface area contributed by atoms with Gasteiger partial charge in [-0.1, -0.05) is 13.8 Å². The van der Waals surface area contributed by atoms with E-state index in [-0.39, 0.29) is 11.3 Å². The van der Waals surface area contributed by atoms with Crippen molar-refractivity contribution in [2.24, 2.45) is 0 Å². The summed E-state index contributed by atoms with van der Waals surface area (Å²) in [6.45, 7) is 8.48. The number of amides is 1. The first-order chi connectivity index (χ1) is 16.8. The second-order valence-corrected chi connectivity index (χ2v) is 8.31. The Morgan fingerprint density at radius 2 is 1.60 bits per heavy atom. The number of methoxy groups -OCH3 is 3. The van der Waals surface area contributed by atoms with E-state index in [0.29, 0.717) is 41.5 Å². The van der Waals surface area contributed by atoms with Gasteiger partial charge in [0.15, 0.2) is 0 Å². The maximum atomic E-state index is 13.3. The number of ketones is 1. The molecule has 8 heteroatoms. The van der Waals surface area contributed by atoms with Crippen molar-refractivity contribution in [1.82, 2.24) is 9.80 Å². The van der Waals surface area contributed by atoms with Crippen LogP contribution in [0.2, 0.25) is 0 Å². The van der Waals surface area contributed by atoms with E-state index in [0.717, 1.165) is 18.7 Å². The Morgan fingerprint density at radius 3 is 2.17 bits per heavy atom. The lowest BCUT2D eigenvalue weighted by molar-refractivity contribution is -0.140. The van der Waals surface area contributed by atoms with E-state index in [1.165, 1.54) is 12.0 Å². The minimum Gasteiger partial charge on any atom is -0.507 e. The van der Waals surface area contributed by atoms with Gasteiger partial charge < -0.3 is 29.1 Å². The van der Waals surface area contributed by atoms with Crippen LogP contribution in [0, 0.1) is 6.92 Å². The zero-order valence-electron chi connectivity index (χ0n) is 21.3. The van der Waals surface area contributed by atoms with E-state index in [1.807, 2.05) is 20.8 Å². The molecule has 3 rings (SSSR count). The highest BCUT2D eigenvalue weighted by molar-refractivity contribution is 6.46. The van der Waals surface area contributed by atoms with Gasteiger partial charge in [0, 0.05) is 30.3 Å². The quantitative estimate of drug-likeness (QED) is 0.313. The number of carbonyl (C=O) groups is 2. The standard InChI is InChI=1S/C27H34N2O6/c1-7-28(8-2)13-14-29-24(21-12-10-19(34-5)16-22(21)35-6)23(26(31)27(29)32)25(30)20-11-9-18(33-4)15-17(20)3/h9-12,15-16,24,30H,7-8,13-14H2,1-6H3/b25-23+/t24-/m0/s1. The number of ether oxygens (including phenoxy) is 3. The number of rotatable bonds is 10. The van der Waals surface area contributed by atoms with Crippen molar-refractivity contribution in [3.63, 3.8) is 0 Å². The maximum Gasteiger partial charge on any atom is 0.295 e. The van der Waals surface area contributed by atoms with Crippen LogP contribution in [-0.4, -0.2) is 74.1 Å². The minimum atomic E-state index is -0.812. The number of nitrogens with zero attached hydrogens (tertiary/aromatic N) is 2. The predicted molar refractivity (Wildman–Crippen MR) is 134 cm³/mol. The Kier molecular flexibility index (Phi) is 8.40. The lowest BCUT2D eigenvalue weighted by Crippen LogP contribution is -2.38. The highest BCUT2D eigenvalue weighted by Crippen LogP contribution is 2.44. The van der Waals surface area contributed by atoms with Gasteiger partial charge in [-0.2, -0.15) is 0 Å². The Bertz CT molecular complexity index is 1120. The second-order valence-electron chi connectivity index (χ2n) is 8.31. The number of aliphatic hydroxyl groups is 1. The molecule has 0 radical (unpaired) electrons. The number of likely N-dealkylation sites (tertiary alicyclic amines) is 1. The lowest BCUT2D eigenvalue weighted by Gasteiger charge is -2.29. The first-order valence-electron chi connectivity index (χ1n) is 11.7. The molecule has 0 bridgehead atoms. The molecule has 0 aromatic heterocycles. The van der Waals surface area contributed by atoms with Crippen molar-refractivity contribution in [3.8, 4) is 17.2 Å². The molecule has 1 heterocycles. The molecular formula is C27H34N2O6. The minimum absolute atomic E-state index is 0.0336. The molecule has 1 fully saturated rings. The molecule has 0 saturated carbocycles. The molecular weight excluding hydrogens is 448 g/mol. The third kappa shape index (κ3) is 5.12. The molecule has 1 N–H and O–H groups in total. The van der Waals surface area contributed by atoms with Gasteiger partial charge in [0.25, 0.3) is 11.7 Å². The number of hydrogen-bond donors (Lipinski definition) is 1. The number of hydrogen-bond acceptors (Lipinski definition) is 7. The van der Waals surface area contributed by atoms with Crippen LogP contribution in [0.3, 0.4) is 0 Å². The van der Waals surface area contributed by atoms with Gasteiger partial charge in [-0.25, -0.2) is 0 Å². The van der Waals surface area contributed by atoms with E-state index >= 15 is 0 Å². The van der Waals surface area contributed by atoms with Gasteiger partial charge >= 0.3 is 0 Å². The first kappa shape index (κ1) is 26.1. The molecule has 1 aliphatic heterocycles. The summed E-state index contributed by atoms with van der Waals surface area (Å²) in [5.41, 5.74) is 1.81. The van der Waals surface area contributed by atoms with Crippen LogP contribution < -0.4 is 14.2 Å². The fraction of sp³-hybridized carbons (Fsp3) is 0.407. The zero-order valence-corrected chi connectivity index (χ0v) is 21.3. The van der Waals surface area contributed by atoms with Gasteiger partial charge in [0.05, 0.1) is 32.9 Å². The average molecular weight is 483 g/mol. The van der Waals surface area contributed by atoms with Gasteiger partial charge in [0.2, 0.25) is 0 Å². The number of aliphatic hydroxyl groups excluding tert-OH is 1. The molecule has 35 heavy (non-hydrogen) atoms. The van der Waals surface area contributed by atoms with Crippen LogP contribution in [0.4, 0.5) is 0 Å². The highest BCUT2D eigenvalue weighted by atomic mass is 16.5. The summed E-state index contributed by atoms with van der Waals surface area (Å²) in [6.07, 6.45) is 0. The number of carbonyl (C=O) groups excluding carboxylic acids is 2. The smallest absolute Gasteiger partial charge is 0.295 e. The van der Waals surface area contributed by atoms with Crippen LogP contribution in [0.25, 0.3) is 5.76 Å². The summed E-state index contributed by atoms with van der Waals surface area (Å²) in [5, 5.41) is 11.4. The van der Waals surface area contributed by atoms with Gasteiger partial charge in [-0.15, -0.1) is 0 Å². The fourth-order valence-electron chi connectivity index (χ4n) is 4.44. The van der Waals surface area contributed by atoms with Crippen molar-refractivity contribution in [1.29, 1.82) is 0 Å². The highest BCUT2D eigenvalue weighted by Gasteiger charge is 2.47. The molecule has 1 amide bonds. The molecule has 2 aromatic carbocycles. The van der Waals surface area contributed by atoms with Gasteiger partial charge in [-0.05, 0) is 55.9 Å². The average Bonchev–Trinajstić information content (AvgIpc) is 3.13. The van der Waals surface area contributed by atoms with Crippen LogP contribution >= 0.6 is 0 Å². The second kappa shape index (κ2) is 11.3. The molecule has 1 saturated heterocycles. The topological polar surface area (TPSA) is 88.5 Å². The maximum absolute atomic E-state index is 13.3. The Labute approximate surface area is 206 Å². The molecule has 2 aromatic rings. The number of benzene rings is 2. The third-order valence-corrected chi connectivity index (χ3v) is 6.52. The third-order valence-electron chi connectivity index (χ3n) is 6.52. The first-order valence-corrected chi connectivity index (χ1v) is 11.7. The van der Waals surface area contributed by atoms with Crippen molar-refractivity contribution >= 4 is 17.4 Å². The van der Waals surface area contributed by atoms with Gasteiger partial charge in [-0.3, -0.25) is 9.59 Å². The molecule has 8 nitrogen and oxygen atoms in total. The van der Waals surface area contributed by atoms with E-state index in [9.17, 15) is 14.7 Å². The summed E-state index contributed by atoms with van der Waals surface area (Å²) in [6, 6.07) is 9.59. The number of likely N-dealkylation sites (N-methyl/N-ethyl adjacent to an activating group) is 1. The number of aryl methyl sites for hydroxylation is 1. The van der Waals surface area contributed by atoms with E-state index in [4.69, 9.17) is 14.2 Å². The van der Waals surface area contributed by atoms with Crippen LogP contribution in [0.1, 0.15) is 36.6 Å². The molecule has 0 unspecified atom stereocenters. The van der Waals surface area contributed by atoms with Crippen molar-refractivity contribution in [2.75, 3.05) is 47.5 Å². The molecule has 0 spiro atoms. The van der Waals surface area contributed by atoms with Crippen molar-refractivity contribution < 1.29 is 28.9 Å². The summed E-state index contributed by atoms with van der Waals surface area (Å²) < 4.78 is 16.2. The normalized spacial score (nSPS) is 17.2. The molecule has 1 aliphatic rings. The fourth-order valence-corrected chi connectivity index (χ4v) is 4.44. The molecule has 1 atom stereocenters. The summed E-state index contributed by atoms with van der Waals surface area (Å²) in [5.74, 6) is 0.0785. The summed E-state index contributed by atoms with van der Waals surface area (Å²) >= 11 is 0.